The van der Waals surface area contributed by atoms with Gasteiger partial charge in [0, 0.05) is 24.0 Å². The number of carboxylic acids is 1. The molecule has 2 heterocycles. The van der Waals surface area contributed by atoms with Gasteiger partial charge < -0.3 is 19.7 Å². The highest BCUT2D eigenvalue weighted by molar-refractivity contribution is 7.98. The van der Waals surface area contributed by atoms with Crippen LogP contribution in [0.15, 0.2) is 79.4 Å². The molecule has 2 aromatic heterocycles. The Morgan fingerprint density at radius 3 is 2.36 bits per heavy atom. The maximum absolute atomic E-state index is 13.7. The molecule has 202 valence electrons. The fraction of sp³-hybridized carbons (Fsp3) is 0.214. The van der Waals surface area contributed by atoms with E-state index < -0.39 is 29.8 Å². The summed E-state index contributed by atoms with van der Waals surface area (Å²) in [6.07, 6.45) is 6.53. The van der Waals surface area contributed by atoms with E-state index in [1.807, 2.05) is 6.26 Å². The normalized spacial score (nSPS) is 12.5. The van der Waals surface area contributed by atoms with Crippen LogP contribution >= 0.6 is 11.8 Å². The average molecular weight is 553 g/mol. The van der Waals surface area contributed by atoms with Crippen LogP contribution in [0.25, 0.3) is 11.3 Å². The first-order chi connectivity index (χ1) is 18.8. The van der Waals surface area contributed by atoms with Crippen molar-refractivity contribution in [2.24, 2.45) is 0 Å². The Balaban J connectivity index is 1.68. The van der Waals surface area contributed by atoms with E-state index in [2.05, 4.69) is 15.3 Å². The van der Waals surface area contributed by atoms with Gasteiger partial charge in [-0.25, -0.2) is 23.5 Å². The van der Waals surface area contributed by atoms with Crippen LogP contribution in [0.3, 0.4) is 0 Å². The van der Waals surface area contributed by atoms with Crippen LogP contribution in [-0.4, -0.2) is 49.6 Å². The molecule has 2 aromatic carbocycles. The SMILES string of the molecule is CSCC[C@H](NC(=O)c1ccc(OC(Cn2ccnc2)c2ccc(F)cc2)nc1-c1ccc(F)cc1)C(=O)O. The van der Waals surface area contributed by atoms with Crippen molar-refractivity contribution in [2.45, 2.75) is 25.1 Å². The molecule has 4 rings (SSSR count). The number of thioether (sulfide) groups is 1. The van der Waals surface area contributed by atoms with Crippen molar-refractivity contribution in [3.63, 3.8) is 0 Å². The number of carbonyl (C=O) groups is 2. The summed E-state index contributed by atoms with van der Waals surface area (Å²) >= 11 is 1.47. The Hall–Kier alpha value is -4.25. The topological polar surface area (TPSA) is 106 Å². The van der Waals surface area contributed by atoms with Gasteiger partial charge in [-0.05, 0) is 66.5 Å². The highest BCUT2D eigenvalue weighted by atomic mass is 32.2. The highest BCUT2D eigenvalue weighted by Crippen LogP contribution is 2.29. The summed E-state index contributed by atoms with van der Waals surface area (Å²) in [5, 5.41) is 12.1. The predicted molar refractivity (Wildman–Crippen MR) is 144 cm³/mol. The molecule has 1 unspecified atom stereocenters. The fourth-order valence-electron chi connectivity index (χ4n) is 3.87. The average Bonchev–Trinajstić information content (AvgIpc) is 3.44. The zero-order chi connectivity index (χ0) is 27.8. The summed E-state index contributed by atoms with van der Waals surface area (Å²) in [4.78, 5) is 33.5. The number of carboxylic acid groups (broad SMARTS) is 1. The van der Waals surface area contributed by atoms with Crippen molar-refractivity contribution in [3.05, 3.63) is 102 Å². The number of imidazole rings is 1. The summed E-state index contributed by atoms with van der Waals surface area (Å²) in [5.41, 5.74) is 1.43. The molecule has 0 fully saturated rings. The zero-order valence-electron chi connectivity index (χ0n) is 21.0. The monoisotopic (exact) mass is 552 g/mol. The smallest absolute Gasteiger partial charge is 0.326 e. The van der Waals surface area contributed by atoms with Gasteiger partial charge in [0.05, 0.1) is 24.1 Å². The number of rotatable bonds is 12. The number of carbonyl (C=O) groups excluding carboxylic acids is 1. The van der Waals surface area contributed by atoms with Gasteiger partial charge in [0.1, 0.15) is 23.8 Å². The van der Waals surface area contributed by atoms with Gasteiger partial charge >= 0.3 is 5.97 Å². The third-order valence-electron chi connectivity index (χ3n) is 5.89. The Morgan fingerprint density at radius 1 is 1.05 bits per heavy atom. The van der Waals surface area contributed by atoms with E-state index in [-0.39, 0.29) is 29.4 Å². The lowest BCUT2D eigenvalue weighted by atomic mass is 10.0. The minimum atomic E-state index is -1.14. The van der Waals surface area contributed by atoms with Crippen molar-refractivity contribution in [2.75, 3.05) is 12.0 Å². The standard InChI is InChI=1S/C28H26F2N4O4S/c1-39-15-12-23(28(36)37)32-27(35)22-10-11-25(33-26(22)19-4-8-21(30)9-5-19)38-24(16-34-14-13-31-17-34)18-2-6-20(29)7-3-18/h2-11,13-14,17,23-24H,12,15-16H2,1H3,(H,32,35)(H,36,37)/t23-,24?/m0/s1. The Kier molecular flexibility index (Phi) is 9.27. The summed E-state index contributed by atoms with van der Waals surface area (Å²) in [6, 6.07) is 13.2. The van der Waals surface area contributed by atoms with Crippen molar-refractivity contribution in [3.8, 4) is 17.1 Å². The van der Waals surface area contributed by atoms with Crippen LogP contribution < -0.4 is 10.1 Å². The minimum Gasteiger partial charge on any atom is -0.480 e. The summed E-state index contributed by atoms with van der Waals surface area (Å²) in [5.74, 6) is -1.90. The second-order valence-corrected chi connectivity index (χ2v) is 9.60. The molecule has 0 aliphatic carbocycles. The third-order valence-corrected chi connectivity index (χ3v) is 6.53. The molecule has 8 nitrogen and oxygen atoms in total. The van der Waals surface area contributed by atoms with E-state index in [0.717, 1.165) is 0 Å². The van der Waals surface area contributed by atoms with Crippen LogP contribution in [0.1, 0.15) is 28.4 Å². The number of aliphatic carboxylic acids is 1. The largest absolute Gasteiger partial charge is 0.480 e. The number of hydrogen-bond acceptors (Lipinski definition) is 6. The van der Waals surface area contributed by atoms with Gasteiger partial charge in [-0.15, -0.1) is 0 Å². The Bertz CT molecular complexity index is 1400. The molecule has 0 spiro atoms. The zero-order valence-corrected chi connectivity index (χ0v) is 21.8. The first kappa shape index (κ1) is 27.8. The van der Waals surface area contributed by atoms with E-state index in [1.54, 1.807) is 35.4 Å². The van der Waals surface area contributed by atoms with E-state index >= 15 is 0 Å². The van der Waals surface area contributed by atoms with Crippen molar-refractivity contribution in [1.82, 2.24) is 19.9 Å². The van der Waals surface area contributed by atoms with Gasteiger partial charge in [0.15, 0.2) is 0 Å². The summed E-state index contributed by atoms with van der Waals surface area (Å²) < 4.78 is 35.3. The first-order valence-electron chi connectivity index (χ1n) is 12.0. The lowest BCUT2D eigenvalue weighted by Crippen LogP contribution is -2.41. The van der Waals surface area contributed by atoms with Gasteiger partial charge in [-0.3, -0.25) is 4.79 Å². The van der Waals surface area contributed by atoms with E-state index in [9.17, 15) is 23.5 Å². The van der Waals surface area contributed by atoms with Gasteiger partial charge in [0.2, 0.25) is 5.88 Å². The third kappa shape index (κ3) is 7.41. The minimum absolute atomic E-state index is 0.109. The number of amides is 1. The number of hydrogen-bond donors (Lipinski definition) is 2. The van der Waals surface area contributed by atoms with Crippen molar-refractivity contribution < 1.29 is 28.2 Å². The lowest BCUT2D eigenvalue weighted by Gasteiger charge is -2.21. The molecule has 4 aromatic rings. The lowest BCUT2D eigenvalue weighted by molar-refractivity contribution is -0.139. The maximum Gasteiger partial charge on any atom is 0.326 e. The summed E-state index contributed by atoms with van der Waals surface area (Å²) in [7, 11) is 0. The number of nitrogens with one attached hydrogen (secondary N) is 1. The molecule has 0 radical (unpaired) electrons. The number of benzene rings is 2. The molecular formula is C28H26F2N4O4S. The molecule has 39 heavy (non-hydrogen) atoms. The molecule has 0 aliphatic heterocycles. The van der Waals surface area contributed by atoms with Gasteiger partial charge in [-0.1, -0.05) is 12.1 Å². The van der Waals surface area contributed by atoms with Crippen LogP contribution in [0, 0.1) is 11.6 Å². The number of nitrogens with zero attached hydrogens (tertiary/aromatic N) is 3. The highest BCUT2D eigenvalue weighted by Gasteiger charge is 2.24. The quantitative estimate of drug-likeness (QED) is 0.255. The first-order valence-corrected chi connectivity index (χ1v) is 13.4. The molecule has 2 atom stereocenters. The fourth-order valence-corrected chi connectivity index (χ4v) is 4.34. The van der Waals surface area contributed by atoms with Gasteiger partial charge in [-0.2, -0.15) is 11.8 Å². The second kappa shape index (κ2) is 13.0. The van der Waals surface area contributed by atoms with Gasteiger partial charge in [0.25, 0.3) is 5.91 Å². The number of ether oxygens (including phenoxy) is 1. The van der Waals surface area contributed by atoms with Crippen molar-refractivity contribution in [1.29, 1.82) is 0 Å². The predicted octanol–water partition coefficient (Wildman–Crippen LogP) is 4.98. The molecule has 0 saturated carbocycles. The van der Waals surface area contributed by atoms with Crippen LogP contribution in [0.2, 0.25) is 0 Å². The molecule has 0 bridgehead atoms. The second-order valence-electron chi connectivity index (χ2n) is 8.62. The number of halogens is 2. The van der Waals surface area contributed by atoms with Crippen LogP contribution in [0.4, 0.5) is 8.78 Å². The molecular weight excluding hydrogens is 526 g/mol. The molecule has 11 heteroatoms. The molecule has 0 saturated heterocycles. The molecule has 1 amide bonds. The van der Waals surface area contributed by atoms with Crippen LogP contribution in [-0.2, 0) is 11.3 Å². The van der Waals surface area contributed by atoms with E-state index in [4.69, 9.17) is 4.74 Å². The summed E-state index contributed by atoms with van der Waals surface area (Å²) in [6.45, 7) is 0.344. The van der Waals surface area contributed by atoms with E-state index in [1.165, 1.54) is 60.3 Å². The maximum atomic E-state index is 13.7. The van der Waals surface area contributed by atoms with Crippen molar-refractivity contribution >= 4 is 23.6 Å². The number of aromatic nitrogens is 3. The molecule has 2 N–H and O–H groups in total. The molecule has 0 aliphatic rings. The van der Waals surface area contributed by atoms with E-state index in [0.29, 0.717) is 23.4 Å². The number of pyridine rings is 1. The Labute approximate surface area is 228 Å². The Morgan fingerprint density at radius 2 is 1.74 bits per heavy atom. The van der Waals surface area contributed by atoms with Crippen LogP contribution in [0.5, 0.6) is 5.88 Å².